The molecule has 0 aliphatic heterocycles. The molecule has 0 rings (SSSR count). The molecule has 0 saturated heterocycles. The highest BCUT2D eigenvalue weighted by Gasteiger charge is 2.30. The van der Waals surface area contributed by atoms with Gasteiger partial charge in [-0.1, -0.05) is 288 Å². The predicted octanol–water partition coefficient (Wildman–Crippen LogP) is 23.2. The van der Waals surface area contributed by atoms with Gasteiger partial charge in [-0.3, -0.25) is 37.3 Å². The molecule has 0 heterocycles. The van der Waals surface area contributed by atoms with Crippen molar-refractivity contribution in [1.29, 1.82) is 0 Å². The molecule has 5 unspecified atom stereocenters. The molecule has 19 heteroatoms. The van der Waals surface area contributed by atoms with Gasteiger partial charge >= 0.3 is 39.5 Å². The Morgan fingerprint density at radius 1 is 0.279 bits per heavy atom. The minimum atomic E-state index is -5.01. The fraction of sp³-hybridized carbons (Fsp3) is 0.647. The molecular weight excluding hydrogens is 1350 g/mol. The summed E-state index contributed by atoms with van der Waals surface area (Å²) in [7, 11) is -10.0. The van der Waals surface area contributed by atoms with E-state index in [0.29, 0.717) is 32.1 Å². The molecule has 0 fully saturated rings. The van der Waals surface area contributed by atoms with Crippen molar-refractivity contribution >= 4 is 39.5 Å². The van der Waals surface area contributed by atoms with Gasteiger partial charge in [-0.2, -0.15) is 0 Å². The summed E-state index contributed by atoms with van der Waals surface area (Å²) in [6, 6.07) is 0. The Morgan fingerprint density at radius 2 is 0.510 bits per heavy atom. The fourth-order valence-corrected chi connectivity index (χ4v) is 11.6. The van der Waals surface area contributed by atoms with Crippen molar-refractivity contribution in [3.05, 3.63) is 158 Å². The second kappa shape index (κ2) is 75.9. The number of carbonyl (C=O) groups excluding carboxylic acids is 4. The van der Waals surface area contributed by atoms with E-state index in [0.717, 1.165) is 148 Å². The Labute approximate surface area is 629 Å². The molecule has 0 spiro atoms. The summed E-state index contributed by atoms with van der Waals surface area (Å²) < 4.78 is 68.5. The largest absolute Gasteiger partial charge is 0.472 e. The first-order valence-corrected chi connectivity index (χ1v) is 42.7. The summed E-state index contributed by atoms with van der Waals surface area (Å²) in [5.74, 6) is -2.32. The van der Waals surface area contributed by atoms with Crippen LogP contribution in [0.4, 0.5) is 0 Å². The van der Waals surface area contributed by atoms with E-state index < -0.39 is 97.5 Å². The third-order valence-electron chi connectivity index (χ3n) is 16.0. The Hall–Kier alpha value is -5.32. The lowest BCUT2D eigenvalue weighted by Crippen LogP contribution is -2.30. The number of hydrogen-bond acceptors (Lipinski definition) is 15. The van der Waals surface area contributed by atoms with E-state index in [4.69, 9.17) is 37.0 Å². The summed E-state index contributed by atoms with van der Waals surface area (Å²) >= 11 is 0. The molecule has 0 saturated carbocycles. The molecule has 0 aromatic heterocycles. The zero-order chi connectivity index (χ0) is 76.0. The lowest BCUT2D eigenvalue weighted by Gasteiger charge is -2.21. The van der Waals surface area contributed by atoms with Crippen molar-refractivity contribution in [3.63, 3.8) is 0 Å². The molecule has 0 aromatic rings. The van der Waals surface area contributed by atoms with Crippen molar-refractivity contribution in [3.8, 4) is 0 Å². The quantitative estimate of drug-likeness (QED) is 0.0169. The number of esters is 4. The maximum atomic E-state index is 13.1. The van der Waals surface area contributed by atoms with Crippen molar-refractivity contribution in [1.82, 2.24) is 0 Å². The Balaban J connectivity index is 5.48. The van der Waals surface area contributed by atoms with E-state index in [2.05, 4.69) is 174 Å². The summed E-state index contributed by atoms with van der Waals surface area (Å²) in [6.45, 7) is 4.40. The van der Waals surface area contributed by atoms with Gasteiger partial charge in [0.2, 0.25) is 0 Å². The van der Waals surface area contributed by atoms with Gasteiger partial charge in [0.05, 0.1) is 26.4 Å². The minimum Gasteiger partial charge on any atom is -0.462 e. The third-order valence-corrected chi connectivity index (χ3v) is 17.9. The molecule has 0 aliphatic carbocycles. The van der Waals surface area contributed by atoms with Crippen LogP contribution >= 0.6 is 15.6 Å². The van der Waals surface area contributed by atoms with Gasteiger partial charge in [-0.05, 0) is 141 Å². The van der Waals surface area contributed by atoms with Gasteiger partial charge in [0.25, 0.3) is 0 Å². The number of phosphoric ester groups is 2. The van der Waals surface area contributed by atoms with Crippen molar-refractivity contribution in [2.24, 2.45) is 0 Å². The van der Waals surface area contributed by atoms with Crippen LogP contribution in [0.3, 0.4) is 0 Å². The van der Waals surface area contributed by atoms with Crippen LogP contribution in [0.25, 0.3) is 0 Å². The van der Waals surface area contributed by atoms with Crippen LogP contribution in [0.1, 0.15) is 297 Å². The van der Waals surface area contributed by atoms with E-state index in [1.54, 1.807) is 0 Å². The van der Waals surface area contributed by atoms with Crippen LogP contribution in [0.2, 0.25) is 0 Å². The van der Waals surface area contributed by atoms with Crippen molar-refractivity contribution in [2.75, 3.05) is 39.6 Å². The van der Waals surface area contributed by atoms with E-state index >= 15 is 0 Å². The molecule has 3 N–H and O–H groups in total. The van der Waals surface area contributed by atoms with Crippen LogP contribution in [-0.4, -0.2) is 96.7 Å². The van der Waals surface area contributed by atoms with Gasteiger partial charge in [-0.15, -0.1) is 0 Å². The van der Waals surface area contributed by atoms with Crippen LogP contribution in [0.5, 0.6) is 0 Å². The van der Waals surface area contributed by atoms with Crippen molar-refractivity contribution in [2.45, 2.75) is 316 Å². The Morgan fingerprint density at radius 3 is 0.827 bits per heavy atom. The van der Waals surface area contributed by atoms with Crippen LogP contribution in [0, 0.1) is 0 Å². The van der Waals surface area contributed by atoms with E-state index in [1.807, 2.05) is 12.2 Å². The zero-order valence-electron chi connectivity index (χ0n) is 64.6. The highest BCUT2D eigenvalue weighted by molar-refractivity contribution is 7.47. The number of allylic oxidation sites excluding steroid dienone is 26. The summed E-state index contributed by atoms with van der Waals surface area (Å²) in [4.78, 5) is 73.0. The first kappa shape index (κ1) is 98.7. The van der Waals surface area contributed by atoms with Gasteiger partial charge in [-0.25, -0.2) is 9.13 Å². The van der Waals surface area contributed by atoms with Crippen LogP contribution in [-0.2, 0) is 65.4 Å². The summed E-state index contributed by atoms with van der Waals surface area (Å²) in [5.41, 5.74) is 0. The Bertz CT molecular complexity index is 2590. The minimum absolute atomic E-state index is 0.0486. The molecule has 0 radical (unpaired) electrons. The first-order valence-electron chi connectivity index (χ1n) is 39.7. The number of hydrogen-bond donors (Lipinski definition) is 3. The molecule has 17 nitrogen and oxygen atoms in total. The number of rotatable bonds is 73. The van der Waals surface area contributed by atoms with Gasteiger partial charge in [0.1, 0.15) is 19.3 Å². The lowest BCUT2D eigenvalue weighted by molar-refractivity contribution is -0.161. The van der Waals surface area contributed by atoms with E-state index in [1.165, 1.54) is 64.2 Å². The monoisotopic (exact) mass is 1490 g/mol. The summed E-state index contributed by atoms with van der Waals surface area (Å²) in [6.07, 6.45) is 88.1. The topological polar surface area (TPSA) is 237 Å². The molecule has 0 aliphatic rings. The standard InChI is InChI=1S/C85H140O17P2/c1-5-9-13-17-21-25-29-33-37-39-43-46-50-54-58-62-66-70-83(88)96-76-81(102-85(90)72-68-64-60-56-52-48-44-40-38-34-30-26-22-18-14-10-6-2)78-100-104(93,94)98-74-79(86)73-97-103(91,92)99-77-80(101-84(89)71-67-63-59-55-51-47-42-36-32-28-24-20-16-12-8-4)75-95-82(87)69-65-61-57-53-49-45-41-35-31-27-23-19-15-11-7-3/h9-11,13-15,21-23,25-27,33-35,37-38,41,43-44,46,48-49,53-54,58,79-81,86H,5-8,12,16-20,24,28-32,36,39-40,42,45,47,50-52,55-57,59-78H2,1-4H3,(H,91,92)(H,93,94)/b13-9-,14-10-,15-11-,25-21-,26-22-,27-23-,37-33-,38-34-,41-35-,46-43-,48-44-,53-49-,58-54-. The summed E-state index contributed by atoms with van der Waals surface area (Å²) in [5, 5.41) is 10.6. The highest BCUT2D eigenvalue weighted by Crippen LogP contribution is 2.45. The predicted molar refractivity (Wildman–Crippen MR) is 427 cm³/mol. The number of ether oxygens (including phenoxy) is 4. The lowest BCUT2D eigenvalue weighted by atomic mass is 10.0. The molecule has 0 bridgehead atoms. The molecule has 0 aromatic carbocycles. The van der Waals surface area contributed by atoms with Crippen molar-refractivity contribution < 1.29 is 80.2 Å². The van der Waals surface area contributed by atoms with Crippen LogP contribution < -0.4 is 0 Å². The maximum absolute atomic E-state index is 13.1. The maximum Gasteiger partial charge on any atom is 0.472 e. The molecule has 5 atom stereocenters. The normalized spacial score (nSPS) is 14.7. The van der Waals surface area contributed by atoms with E-state index in [9.17, 15) is 43.2 Å². The highest BCUT2D eigenvalue weighted by atomic mass is 31.2. The van der Waals surface area contributed by atoms with Gasteiger partial charge in [0, 0.05) is 25.7 Å². The van der Waals surface area contributed by atoms with Crippen LogP contribution in [0.15, 0.2) is 158 Å². The molecular formula is C85H140O17P2. The van der Waals surface area contributed by atoms with Gasteiger partial charge < -0.3 is 33.8 Å². The molecule has 592 valence electrons. The zero-order valence-corrected chi connectivity index (χ0v) is 66.4. The average Bonchev–Trinajstić information content (AvgIpc) is 0.926. The SMILES string of the molecule is CC/C=C\C/C=C\C/C=C\C/C=C\C/C=C\CCCC(=O)OCC(COP(=O)(O)OCC(O)COP(=O)(O)OCC(COC(=O)CCCC/C=C\C/C=C\C/C=C\C/C=C\CC)OC(=O)CCCCCCCCCCCCCCCCC)OC(=O)CCCCCC/C=C\C/C=C\C/C=C\C/C=C\CC. The number of aliphatic hydroxyl groups is 1. The Kier molecular flexibility index (Phi) is 72.0. The second-order valence-corrected chi connectivity index (χ2v) is 28.8. The molecule has 0 amide bonds. The first-order chi connectivity index (χ1) is 50.7. The fourth-order valence-electron chi connectivity index (χ4n) is 10.1. The average molecular weight is 1500 g/mol. The smallest absolute Gasteiger partial charge is 0.462 e. The second-order valence-electron chi connectivity index (χ2n) is 25.9. The molecule has 104 heavy (non-hydrogen) atoms. The number of aliphatic hydroxyl groups excluding tert-OH is 1. The number of carbonyl (C=O) groups is 4. The van der Waals surface area contributed by atoms with E-state index in [-0.39, 0.29) is 25.7 Å². The van der Waals surface area contributed by atoms with Gasteiger partial charge in [0.15, 0.2) is 12.2 Å². The third kappa shape index (κ3) is 74.9. The number of unbranched alkanes of at least 4 members (excludes halogenated alkanes) is 21. The number of phosphoric acid groups is 2.